The van der Waals surface area contributed by atoms with Gasteiger partial charge in [0.25, 0.3) is 0 Å². The third-order valence-electron chi connectivity index (χ3n) is 3.05. The molecule has 0 heterocycles. The molecule has 1 aromatic carbocycles. The van der Waals surface area contributed by atoms with Gasteiger partial charge in [-0.2, -0.15) is 0 Å². The second-order valence-corrected chi connectivity index (χ2v) is 4.32. The smallest absolute Gasteiger partial charge is 0.481 e. The summed E-state index contributed by atoms with van der Waals surface area (Å²) in [7, 11) is 0. The van der Waals surface area contributed by atoms with Crippen LogP contribution in [0.4, 0.5) is 18.9 Å². The average molecular weight is 275 g/mol. The molecule has 0 saturated heterocycles. The van der Waals surface area contributed by atoms with Crippen LogP contribution in [0.15, 0.2) is 24.3 Å². The summed E-state index contributed by atoms with van der Waals surface area (Å²) in [4.78, 5) is 10.8. The van der Waals surface area contributed by atoms with Crippen LogP contribution in [0.5, 0.6) is 5.75 Å². The minimum absolute atomic E-state index is 0.149. The molecule has 19 heavy (non-hydrogen) atoms. The highest BCUT2D eigenvalue weighted by atomic mass is 19.4. The maximum Gasteiger partial charge on any atom is 0.573 e. The molecule has 1 aromatic rings. The summed E-state index contributed by atoms with van der Waals surface area (Å²) in [6.07, 6.45) is -3.64. The van der Waals surface area contributed by atoms with E-state index in [1.165, 1.54) is 18.2 Å². The molecule has 2 rings (SSSR count). The normalized spacial score (nSPS) is 22.5. The van der Waals surface area contributed by atoms with E-state index in [1.807, 2.05) is 0 Å². The zero-order chi connectivity index (χ0) is 14.0. The van der Waals surface area contributed by atoms with Gasteiger partial charge in [-0.25, -0.2) is 0 Å². The number of anilines is 1. The van der Waals surface area contributed by atoms with E-state index in [1.54, 1.807) is 6.07 Å². The highest BCUT2D eigenvalue weighted by molar-refractivity contribution is 5.73. The Labute approximate surface area is 107 Å². The third kappa shape index (κ3) is 3.30. The largest absolute Gasteiger partial charge is 0.573 e. The number of carboxylic acids is 1. The monoisotopic (exact) mass is 275 g/mol. The molecule has 0 spiro atoms. The maximum atomic E-state index is 12.2. The summed E-state index contributed by atoms with van der Waals surface area (Å²) >= 11 is 0. The zero-order valence-electron chi connectivity index (χ0n) is 9.78. The summed E-state index contributed by atoms with van der Waals surface area (Å²) in [5.41, 5.74) is 0.149. The van der Waals surface area contributed by atoms with Crippen molar-refractivity contribution in [3.8, 4) is 5.75 Å². The summed E-state index contributed by atoms with van der Waals surface area (Å²) in [5.74, 6) is -1.87. The fraction of sp³-hybridized carbons (Fsp3) is 0.417. The second-order valence-electron chi connectivity index (χ2n) is 4.32. The quantitative estimate of drug-likeness (QED) is 0.887. The Kier molecular flexibility index (Phi) is 3.55. The van der Waals surface area contributed by atoms with Crippen LogP contribution in [0.25, 0.3) is 0 Å². The van der Waals surface area contributed by atoms with Crippen molar-refractivity contribution in [2.24, 2.45) is 5.92 Å². The minimum atomic E-state index is -4.77. The van der Waals surface area contributed by atoms with Crippen LogP contribution in [-0.2, 0) is 4.79 Å². The van der Waals surface area contributed by atoms with Gasteiger partial charge in [-0.15, -0.1) is 13.2 Å². The van der Waals surface area contributed by atoms with Crippen LogP contribution in [-0.4, -0.2) is 23.5 Å². The number of hydrogen-bond acceptors (Lipinski definition) is 3. The van der Waals surface area contributed by atoms with Crippen molar-refractivity contribution in [3.63, 3.8) is 0 Å². The van der Waals surface area contributed by atoms with Crippen LogP contribution >= 0.6 is 0 Å². The molecule has 1 saturated carbocycles. The fourth-order valence-corrected chi connectivity index (χ4v) is 1.97. The highest BCUT2D eigenvalue weighted by Gasteiger charge is 2.37. The molecule has 1 aliphatic carbocycles. The number of hydrogen-bond donors (Lipinski definition) is 2. The van der Waals surface area contributed by atoms with Crippen LogP contribution in [0.1, 0.15) is 12.8 Å². The highest BCUT2D eigenvalue weighted by Crippen LogP contribution is 2.35. The Bertz CT molecular complexity index is 476. The first kappa shape index (κ1) is 13.5. The molecular formula is C12H12F3NO3. The summed E-state index contributed by atoms with van der Waals surface area (Å²) in [6.45, 7) is 0. The molecule has 2 atom stereocenters. The lowest BCUT2D eigenvalue weighted by atomic mass is 9.79. The number of carboxylic acid groups (broad SMARTS) is 1. The van der Waals surface area contributed by atoms with E-state index in [4.69, 9.17) is 5.11 Å². The van der Waals surface area contributed by atoms with E-state index < -0.39 is 18.2 Å². The molecule has 0 radical (unpaired) electrons. The third-order valence-corrected chi connectivity index (χ3v) is 3.05. The molecular weight excluding hydrogens is 263 g/mol. The molecule has 1 aliphatic rings. The zero-order valence-corrected chi connectivity index (χ0v) is 9.78. The van der Waals surface area contributed by atoms with Gasteiger partial charge in [0.15, 0.2) is 5.75 Å². The first-order valence-corrected chi connectivity index (χ1v) is 5.71. The van der Waals surface area contributed by atoms with Crippen LogP contribution in [0.3, 0.4) is 0 Å². The lowest BCUT2D eigenvalue weighted by Gasteiger charge is -2.35. The summed E-state index contributed by atoms with van der Waals surface area (Å²) < 4.78 is 40.5. The Balaban J connectivity index is 2.10. The lowest BCUT2D eigenvalue weighted by molar-refractivity contribution is -0.274. The van der Waals surface area contributed by atoms with E-state index in [0.29, 0.717) is 12.8 Å². The van der Waals surface area contributed by atoms with Crippen LogP contribution in [0, 0.1) is 5.92 Å². The predicted octanol–water partition coefficient (Wildman–Crippen LogP) is 2.86. The van der Waals surface area contributed by atoms with E-state index >= 15 is 0 Å². The van der Waals surface area contributed by atoms with Gasteiger partial charge >= 0.3 is 12.3 Å². The number of aliphatic carboxylic acids is 1. The Morgan fingerprint density at radius 3 is 2.53 bits per heavy atom. The van der Waals surface area contributed by atoms with Crippen molar-refractivity contribution in [3.05, 3.63) is 24.3 Å². The number of alkyl halides is 3. The molecule has 0 aromatic heterocycles. The first-order chi connectivity index (χ1) is 8.87. The predicted molar refractivity (Wildman–Crippen MR) is 60.9 cm³/mol. The van der Waals surface area contributed by atoms with Crippen molar-refractivity contribution >= 4 is 11.7 Å². The van der Waals surface area contributed by atoms with Gasteiger partial charge in [0.2, 0.25) is 0 Å². The van der Waals surface area contributed by atoms with Crippen molar-refractivity contribution in [2.75, 3.05) is 5.32 Å². The molecule has 0 bridgehead atoms. The number of benzene rings is 1. The van der Waals surface area contributed by atoms with Gasteiger partial charge in [0.1, 0.15) is 0 Å². The first-order valence-electron chi connectivity index (χ1n) is 5.71. The fourth-order valence-electron chi connectivity index (χ4n) is 1.97. The van der Waals surface area contributed by atoms with E-state index in [2.05, 4.69) is 10.1 Å². The van der Waals surface area contributed by atoms with Gasteiger partial charge in [-0.3, -0.25) is 4.79 Å². The average Bonchev–Trinajstić information content (AvgIpc) is 2.23. The Morgan fingerprint density at radius 2 is 2.00 bits per heavy atom. The van der Waals surface area contributed by atoms with E-state index in [-0.39, 0.29) is 17.5 Å². The molecule has 1 fully saturated rings. The molecule has 0 aliphatic heterocycles. The molecule has 7 heteroatoms. The van der Waals surface area contributed by atoms with Gasteiger partial charge in [-0.1, -0.05) is 12.1 Å². The van der Waals surface area contributed by atoms with Gasteiger partial charge in [0, 0.05) is 6.04 Å². The Hall–Kier alpha value is -1.92. The van der Waals surface area contributed by atoms with Crippen molar-refractivity contribution in [2.45, 2.75) is 25.2 Å². The van der Waals surface area contributed by atoms with E-state index in [9.17, 15) is 18.0 Å². The molecule has 2 N–H and O–H groups in total. The summed E-state index contributed by atoms with van der Waals surface area (Å²) in [6, 6.07) is 5.22. The second kappa shape index (κ2) is 4.99. The van der Waals surface area contributed by atoms with Crippen molar-refractivity contribution in [1.29, 1.82) is 0 Å². The van der Waals surface area contributed by atoms with Crippen molar-refractivity contribution in [1.82, 2.24) is 0 Å². The molecule has 0 amide bonds. The van der Waals surface area contributed by atoms with Crippen LogP contribution < -0.4 is 10.1 Å². The van der Waals surface area contributed by atoms with E-state index in [0.717, 1.165) is 0 Å². The number of para-hydroxylation sites is 2. The van der Waals surface area contributed by atoms with Crippen molar-refractivity contribution < 1.29 is 27.8 Å². The number of ether oxygens (including phenoxy) is 1. The minimum Gasteiger partial charge on any atom is -0.481 e. The number of nitrogens with one attached hydrogen (secondary N) is 1. The number of carbonyl (C=O) groups is 1. The SMILES string of the molecule is O=C(O)C1CCC1Nc1ccccc1OC(F)(F)F. The molecule has 104 valence electrons. The Morgan fingerprint density at radius 1 is 1.32 bits per heavy atom. The van der Waals surface area contributed by atoms with Gasteiger partial charge in [-0.05, 0) is 25.0 Å². The number of halogens is 3. The standard InChI is InChI=1S/C12H12F3NO3/c13-12(14,15)19-10-4-2-1-3-9(10)16-8-6-5-7(8)11(17)18/h1-4,7-8,16H,5-6H2,(H,17,18). The summed E-state index contributed by atoms with van der Waals surface area (Å²) in [5, 5.41) is 11.7. The van der Waals surface area contributed by atoms with Gasteiger partial charge < -0.3 is 15.2 Å². The molecule has 2 unspecified atom stereocenters. The lowest BCUT2D eigenvalue weighted by Crippen LogP contribution is -2.43. The number of rotatable bonds is 4. The van der Waals surface area contributed by atoms with Crippen LogP contribution in [0.2, 0.25) is 0 Å². The van der Waals surface area contributed by atoms with Gasteiger partial charge in [0.05, 0.1) is 11.6 Å². The molecule has 4 nitrogen and oxygen atoms in total. The maximum absolute atomic E-state index is 12.2. The topological polar surface area (TPSA) is 58.6 Å².